The van der Waals surface area contributed by atoms with E-state index in [0.717, 1.165) is 5.56 Å². The smallest absolute Gasteiger partial charge is 0.387 e. The molecule has 2 atom stereocenters. The summed E-state index contributed by atoms with van der Waals surface area (Å²) < 4.78 is 29.3. The van der Waals surface area contributed by atoms with E-state index in [9.17, 15) is 18.7 Å². The highest BCUT2D eigenvalue weighted by Gasteiger charge is 2.49. The number of nitrogens with zero attached hydrogens (tertiary/aromatic N) is 2. The quantitative estimate of drug-likeness (QED) is 0.744. The van der Waals surface area contributed by atoms with Gasteiger partial charge in [0, 0.05) is 7.05 Å². The molecule has 3 N–H and O–H groups in total. The molecular formula is C21H23F2N3O3. The molecule has 6 nitrogen and oxygen atoms in total. The van der Waals surface area contributed by atoms with E-state index in [1.807, 2.05) is 18.2 Å². The Bertz CT molecular complexity index is 916. The van der Waals surface area contributed by atoms with Gasteiger partial charge in [-0.05, 0) is 48.6 Å². The molecule has 0 saturated heterocycles. The number of alkyl halides is 2. The fourth-order valence-corrected chi connectivity index (χ4v) is 3.39. The van der Waals surface area contributed by atoms with Crippen LogP contribution in [0, 0.1) is 0 Å². The van der Waals surface area contributed by atoms with Gasteiger partial charge in [0.25, 0.3) is 5.91 Å². The van der Waals surface area contributed by atoms with Crippen molar-refractivity contribution in [2.45, 2.75) is 38.0 Å². The fourth-order valence-electron chi connectivity index (χ4n) is 3.39. The largest absolute Gasteiger partial charge is 0.435 e. The predicted molar refractivity (Wildman–Crippen MR) is 105 cm³/mol. The van der Waals surface area contributed by atoms with Crippen molar-refractivity contribution in [1.29, 1.82) is 0 Å². The van der Waals surface area contributed by atoms with Crippen molar-refractivity contribution < 1.29 is 23.4 Å². The normalized spacial score (nSPS) is 20.1. The first-order valence-corrected chi connectivity index (χ1v) is 9.20. The summed E-state index contributed by atoms with van der Waals surface area (Å²) in [7, 11) is 1.54. The Morgan fingerprint density at radius 1 is 1.21 bits per heavy atom. The molecule has 2 unspecified atom stereocenters. The highest BCUT2D eigenvalue weighted by atomic mass is 19.3. The maximum absolute atomic E-state index is 13.2. The van der Waals surface area contributed by atoms with Crippen molar-refractivity contribution in [2.24, 2.45) is 10.7 Å². The zero-order valence-corrected chi connectivity index (χ0v) is 16.2. The molecule has 3 rings (SSSR count). The molecule has 154 valence electrons. The number of hydrogen-bond donors (Lipinski definition) is 2. The lowest BCUT2D eigenvalue weighted by Crippen LogP contribution is -2.41. The number of benzene rings is 2. The van der Waals surface area contributed by atoms with Gasteiger partial charge in [-0.25, -0.2) is 4.99 Å². The molecule has 2 aromatic rings. The van der Waals surface area contributed by atoms with E-state index >= 15 is 0 Å². The number of ether oxygens (including phenoxy) is 1. The van der Waals surface area contributed by atoms with Crippen molar-refractivity contribution >= 4 is 11.9 Å². The van der Waals surface area contributed by atoms with Crippen LogP contribution in [0.3, 0.4) is 0 Å². The number of carbonyl (C=O) groups is 1. The molecule has 0 aromatic heterocycles. The van der Waals surface area contributed by atoms with Gasteiger partial charge in [0.1, 0.15) is 5.75 Å². The SMILES string of the molecule is CC(O)CCc1cccc(C2(c3ccc(OC(F)F)cc3)N=C(N)N(C)C2=O)c1. The van der Waals surface area contributed by atoms with Gasteiger partial charge in [-0.2, -0.15) is 8.78 Å². The zero-order valence-electron chi connectivity index (χ0n) is 16.2. The number of aliphatic hydroxyl groups excluding tert-OH is 1. The van der Waals surface area contributed by atoms with Gasteiger partial charge in [0.2, 0.25) is 0 Å². The molecule has 0 saturated carbocycles. The lowest BCUT2D eigenvalue weighted by atomic mass is 9.82. The molecule has 1 aliphatic heterocycles. The van der Waals surface area contributed by atoms with E-state index in [4.69, 9.17) is 5.73 Å². The molecule has 1 aliphatic rings. The Balaban J connectivity index is 2.07. The highest BCUT2D eigenvalue weighted by Crippen LogP contribution is 2.40. The summed E-state index contributed by atoms with van der Waals surface area (Å²) in [5.74, 6) is -0.289. The Morgan fingerprint density at radius 2 is 1.90 bits per heavy atom. The Labute approximate surface area is 167 Å². The topological polar surface area (TPSA) is 88.2 Å². The van der Waals surface area contributed by atoms with Crippen LogP contribution in [-0.4, -0.2) is 41.6 Å². The number of carbonyl (C=O) groups excluding carboxylic acids is 1. The van der Waals surface area contributed by atoms with Crippen LogP contribution in [0.1, 0.15) is 30.0 Å². The maximum Gasteiger partial charge on any atom is 0.387 e. The van der Waals surface area contributed by atoms with Gasteiger partial charge in [-0.15, -0.1) is 0 Å². The lowest BCUT2D eigenvalue weighted by molar-refractivity contribution is -0.129. The zero-order chi connectivity index (χ0) is 21.2. The number of rotatable bonds is 7. The number of halogens is 2. The van der Waals surface area contributed by atoms with Gasteiger partial charge in [-0.3, -0.25) is 9.69 Å². The fraction of sp³-hybridized carbons (Fsp3) is 0.333. The minimum atomic E-state index is -2.94. The Kier molecular flexibility index (Phi) is 5.83. The van der Waals surface area contributed by atoms with Crippen molar-refractivity contribution in [2.75, 3.05) is 7.05 Å². The molecular weight excluding hydrogens is 380 g/mol. The van der Waals surface area contributed by atoms with Crippen LogP contribution in [0.25, 0.3) is 0 Å². The Hall–Kier alpha value is -3.00. The summed E-state index contributed by atoms with van der Waals surface area (Å²) in [4.78, 5) is 19.0. The third-order valence-electron chi connectivity index (χ3n) is 4.93. The van der Waals surface area contributed by atoms with Crippen LogP contribution in [0.5, 0.6) is 5.75 Å². The summed E-state index contributed by atoms with van der Waals surface area (Å²) >= 11 is 0. The standard InChI is InChI=1S/C21H23F2N3O3/c1-13(27)6-7-14-4-3-5-16(12-14)21(18(28)26(2)20(24)25-21)15-8-10-17(11-9-15)29-19(22)23/h3-5,8-13,19,27H,6-7H2,1-2H3,(H2,24,25). The maximum atomic E-state index is 13.2. The first-order valence-electron chi connectivity index (χ1n) is 9.20. The van der Waals surface area contributed by atoms with E-state index < -0.39 is 18.3 Å². The van der Waals surface area contributed by atoms with Crippen LogP contribution < -0.4 is 10.5 Å². The molecule has 0 radical (unpaired) electrons. The number of likely N-dealkylation sites (N-methyl/N-ethyl adjacent to an activating group) is 1. The molecule has 0 spiro atoms. The number of hydrogen-bond acceptors (Lipinski definition) is 5. The van der Waals surface area contributed by atoms with Crippen LogP contribution >= 0.6 is 0 Å². The van der Waals surface area contributed by atoms with E-state index in [1.165, 1.54) is 36.2 Å². The van der Waals surface area contributed by atoms with Crippen LogP contribution in [0.4, 0.5) is 8.78 Å². The second-order valence-electron chi connectivity index (χ2n) is 7.04. The summed E-state index contributed by atoms with van der Waals surface area (Å²) in [5.41, 5.74) is 6.58. The molecule has 0 bridgehead atoms. The van der Waals surface area contributed by atoms with Crippen molar-refractivity contribution in [3.63, 3.8) is 0 Å². The van der Waals surface area contributed by atoms with Crippen molar-refractivity contribution in [3.05, 3.63) is 65.2 Å². The van der Waals surface area contributed by atoms with E-state index in [-0.39, 0.29) is 17.6 Å². The van der Waals surface area contributed by atoms with Crippen LogP contribution in [0.2, 0.25) is 0 Å². The molecule has 1 heterocycles. The minimum absolute atomic E-state index is 0.0136. The predicted octanol–water partition coefficient (Wildman–Crippen LogP) is 2.63. The minimum Gasteiger partial charge on any atom is -0.435 e. The summed E-state index contributed by atoms with van der Waals surface area (Å²) in [6.45, 7) is -1.22. The van der Waals surface area contributed by atoms with Crippen LogP contribution in [-0.2, 0) is 16.8 Å². The first-order chi connectivity index (χ1) is 13.7. The van der Waals surface area contributed by atoms with Crippen molar-refractivity contribution in [3.8, 4) is 5.75 Å². The van der Waals surface area contributed by atoms with Gasteiger partial charge in [-0.1, -0.05) is 36.4 Å². The molecule has 29 heavy (non-hydrogen) atoms. The van der Waals surface area contributed by atoms with Crippen molar-refractivity contribution in [1.82, 2.24) is 4.90 Å². The average molecular weight is 403 g/mol. The number of guanidine groups is 1. The lowest BCUT2D eigenvalue weighted by Gasteiger charge is -2.26. The molecule has 0 aliphatic carbocycles. The third kappa shape index (κ3) is 4.07. The summed E-state index contributed by atoms with van der Waals surface area (Å²) in [6, 6.07) is 13.2. The van der Waals surface area contributed by atoms with Gasteiger partial charge in [0.15, 0.2) is 11.5 Å². The number of nitrogens with two attached hydrogens (primary N) is 1. The van der Waals surface area contributed by atoms with Gasteiger partial charge < -0.3 is 15.6 Å². The van der Waals surface area contributed by atoms with Gasteiger partial charge >= 0.3 is 6.61 Å². The number of aryl methyl sites for hydroxylation is 1. The van der Waals surface area contributed by atoms with Crippen LogP contribution in [0.15, 0.2) is 53.5 Å². The average Bonchev–Trinajstić information content (AvgIpc) is 2.92. The second kappa shape index (κ2) is 8.16. The second-order valence-corrected chi connectivity index (χ2v) is 7.04. The Morgan fingerprint density at radius 3 is 2.45 bits per heavy atom. The van der Waals surface area contributed by atoms with E-state index in [1.54, 1.807) is 13.0 Å². The number of aliphatic hydroxyl groups is 1. The van der Waals surface area contributed by atoms with Gasteiger partial charge in [0.05, 0.1) is 6.10 Å². The first kappa shape index (κ1) is 20.7. The van der Waals surface area contributed by atoms with E-state index in [0.29, 0.717) is 24.0 Å². The molecule has 2 aromatic carbocycles. The molecule has 8 heteroatoms. The molecule has 0 fully saturated rings. The number of amides is 1. The monoisotopic (exact) mass is 403 g/mol. The summed E-state index contributed by atoms with van der Waals surface area (Å²) in [5, 5.41) is 9.56. The molecule has 1 amide bonds. The highest BCUT2D eigenvalue weighted by molar-refractivity contribution is 6.08. The van der Waals surface area contributed by atoms with E-state index in [2.05, 4.69) is 9.73 Å². The number of aliphatic imine (C=N–C) groups is 1. The summed E-state index contributed by atoms with van der Waals surface area (Å²) in [6.07, 6.45) is 0.768. The third-order valence-corrected chi connectivity index (χ3v) is 4.93.